The van der Waals surface area contributed by atoms with E-state index >= 15 is 0 Å². The molecule has 0 radical (unpaired) electrons. The summed E-state index contributed by atoms with van der Waals surface area (Å²) in [5, 5.41) is 2.95. The normalized spacial score (nSPS) is 16.0. The summed E-state index contributed by atoms with van der Waals surface area (Å²) in [4.78, 5) is 28.8. The Kier molecular flexibility index (Phi) is 5.77. The first-order chi connectivity index (χ1) is 12.5. The Balaban J connectivity index is 1.67. The van der Waals surface area contributed by atoms with Gasteiger partial charge in [-0.25, -0.2) is 0 Å². The summed E-state index contributed by atoms with van der Waals surface area (Å²) < 4.78 is 0. The highest BCUT2D eigenvalue weighted by Crippen LogP contribution is 2.32. The number of thiophene rings is 1. The van der Waals surface area contributed by atoms with E-state index in [0.29, 0.717) is 30.3 Å². The van der Waals surface area contributed by atoms with Gasteiger partial charge in [-0.2, -0.15) is 0 Å². The number of benzene rings is 1. The largest absolute Gasteiger partial charge is 0.339 e. The minimum atomic E-state index is -0.0696. The Morgan fingerprint density at radius 1 is 1.19 bits per heavy atom. The number of anilines is 1. The molecule has 5 heteroatoms. The maximum Gasteiger partial charge on any atom is 0.265 e. The molecule has 1 aromatic carbocycles. The van der Waals surface area contributed by atoms with Gasteiger partial charge in [-0.3, -0.25) is 9.59 Å². The average molecular weight is 371 g/mol. The molecular formula is C21H26N2O2S. The molecule has 0 spiro atoms. The number of carbonyl (C=O) groups is 2. The molecule has 2 aromatic rings. The zero-order chi connectivity index (χ0) is 18.7. The second kappa shape index (κ2) is 8.04. The summed E-state index contributed by atoms with van der Waals surface area (Å²) in [6.45, 7) is 7.58. The van der Waals surface area contributed by atoms with Crippen LogP contribution in [0.25, 0.3) is 0 Å². The van der Waals surface area contributed by atoms with Crippen molar-refractivity contribution in [1.82, 2.24) is 4.90 Å². The van der Waals surface area contributed by atoms with Gasteiger partial charge in [0.25, 0.3) is 11.8 Å². The van der Waals surface area contributed by atoms with Gasteiger partial charge in [-0.05, 0) is 74.9 Å². The van der Waals surface area contributed by atoms with E-state index < -0.39 is 0 Å². The van der Waals surface area contributed by atoms with E-state index in [-0.39, 0.29) is 11.8 Å². The zero-order valence-corrected chi connectivity index (χ0v) is 16.5. The van der Waals surface area contributed by atoms with E-state index in [4.69, 9.17) is 0 Å². The Hall–Kier alpha value is -2.14. The fourth-order valence-electron chi connectivity index (χ4n) is 3.40. The van der Waals surface area contributed by atoms with Crippen LogP contribution in [0.2, 0.25) is 0 Å². The standard InChI is InChI=1S/C21H26N2O2S/c1-4-23(5-2)21(25)15-7-9-17(10-8-15)22-20(24)19-13-16-12-14(3)6-11-18(16)26-19/h7-10,13-14H,4-6,11-12H2,1-3H3,(H,22,24). The number of fused-ring (bicyclic) bond motifs is 1. The predicted octanol–water partition coefficient (Wildman–Crippen LogP) is 4.61. The monoisotopic (exact) mass is 370 g/mol. The van der Waals surface area contributed by atoms with Crippen molar-refractivity contribution in [2.75, 3.05) is 18.4 Å². The third-order valence-electron chi connectivity index (χ3n) is 4.99. The molecule has 0 fully saturated rings. The summed E-state index contributed by atoms with van der Waals surface area (Å²) in [5.74, 6) is 0.650. The maximum absolute atomic E-state index is 12.6. The van der Waals surface area contributed by atoms with Gasteiger partial charge < -0.3 is 10.2 Å². The van der Waals surface area contributed by atoms with Crippen molar-refractivity contribution in [3.63, 3.8) is 0 Å². The van der Waals surface area contributed by atoms with Crippen molar-refractivity contribution in [3.05, 3.63) is 51.2 Å². The van der Waals surface area contributed by atoms with E-state index in [1.165, 1.54) is 16.9 Å². The van der Waals surface area contributed by atoms with Gasteiger partial charge in [-0.1, -0.05) is 6.92 Å². The van der Waals surface area contributed by atoms with Gasteiger partial charge in [-0.15, -0.1) is 11.3 Å². The van der Waals surface area contributed by atoms with Crippen LogP contribution < -0.4 is 5.32 Å². The van der Waals surface area contributed by atoms with Crippen LogP contribution in [0.15, 0.2) is 30.3 Å². The lowest BCUT2D eigenvalue weighted by Gasteiger charge is -2.18. The van der Waals surface area contributed by atoms with Crippen LogP contribution in [-0.2, 0) is 12.8 Å². The number of carbonyl (C=O) groups excluding carboxylic acids is 2. The van der Waals surface area contributed by atoms with Crippen LogP contribution in [0, 0.1) is 5.92 Å². The molecule has 1 N–H and O–H groups in total. The first kappa shape index (κ1) is 18.6. The van der Waals surface area contributed by atoms with Crippen molar-refractivity contribution >= 4 is 28.8 Å². The molecule has 1 atom stereocenters. The van der Waals surface area contributed by atoms with E-state index in [1.54, 1.807) is 40.5 Å². The molecule has 1 heterocycles. The van der Waals surface area contributed by atoms with Gasteiger partial charge in [0.15, 0.2) is 0 Å². The lowest BCUT2D eigenvalue weighted by atomic mass is 9.90. The Bertz CT molecular complexity index is 791. The summed E-state index contributed by atoms with van der Waals surface area (Å²) in [6, 6.07) is 9.19. The van der Waals surface area contributed by atoms with Gasteiger partial charge in [0.05, 0.1) is 4.88 Å². The molecule has 1 aromatic heterocycles. The molecule has 1 aliphatic rings. The third-order valence-corrected chi connectivity index (χ3v) is 6.23. The lowest BCUT2D eigenvalue weighted by Crippen LogP contribution is -2.30. The van der Waals surface area contributed by atoms with Gasteiger partial charge >= 0.3 is 0 Å². The van der Waals surface area contributed by atoms with Crippen molar-refractivity contribution in [2.45, 2.75) is 40.0 Å². The van der Waals surface area contributed by atoms with Crippen molar-refractivity contribution in [2.24, 2.45) is 5.92 Å². The van der Waals surface area contributed by atoms with Gasteiger partial charge in [0.1, 0.15) is 0 Å². The number of hydrogen-bond acceptors (Lipinski definition) is 3. The third kappa shape index (κ3) is 3.98. The first-order valence-electron chi connectivity index (χ1n) is 9.34. The number of nitrogens with zero attached hydrogens (tertiary/aromatic N) is 1. The minimum absolute atomic E-state index is 0.0212. The number of amides is 2. The van der Waals surface area contributed by atoms with Crippen molar-refractivity contribution < 1.29 is 9.59 Å². The van der Waals surface area contributed by atoms with Crippen LogP contribution in [0.5, 0.6) is 0 Å². The van der Waals surface area contributed by atoms with E-state index in [9.17, 15) is 9.59 Å². The second-order valence-corrected chi connectivity index (χ2v) is 8.05. The van der Waals surface area contributed by atoms with Crippen LogP contribution in [0.3, 0.4) is 0 Å². The fourth-order valence-corrected chi connectivity index (χ4v) is 4.50. The van der Waals surface area contributed by atoms with Crippen LogP contribution in [0.4, 0.5) is 5.69 Å². The maximum atomic E-state index is 12.6. The van der Waals surface area contributed by atoms with Gasteiger partial charge in [0, 0.05) is 29.2 Å². The van der Waals surface area contributed by atoms with E-state index in [1.807, 2.05) is 19.9 Å². The summed E-state index contributed by atoms with van der Waals surface area (Å²) >= 11 is 1.61. The molecule has 26 heavy (non-hydrogen) atoms. The highest BCUT2D eigenvalue weighted by molar-refractivity contribution is 7.14. The Morgan fingerprint density at radius 2 is 1.88 bits per heavy atom. The molecule has 1 aliphatic carbocycles. The van der Waals surface area contributed by atoms with Crippen LogP contribution in [0.1, 0.15) is 57.7 Å². The molecule has 0 saturated carbocycles. The molecular weight excluding hydrogens is 344 g/mol. The smallest absolute Gasteiger partial charge is 0.265 e. The Morgan fingerprint density at radius 3 is 2.54 bits per heavy atom. The van der Waals surface area contributed by atoms with E-state index in [2.05, 4.69) is 12.2 Å². The molecule has 138 valence electrons. The summed E-state index contributed by atoms with van der Waals surface area (Å²) in [7, 11) is 0. The zero-order valence-electron chi connectivity index (χ0n) is 15.7. The van der Waals surface area contributed by atoms with E-state index in [0.717, 1.165) is 17.7 Å². The molecule has 0 saturated heterocycles. The topological polar surface area (TPSA) is 49.4 Å². The molecule has 0 bridgehead atoms. The molecule has 3 rings (SSSR count). The number of rotatable bonds is 5. The van der Waals surface area contributed by atoms with Crippen LogP contribution in [-0.4, -0.2) is 29.8 Å². The highest BCUT2D eigenvalue weighted by atomic mass is 32.1. The Labute approximate surface area is 159 Å². The lowest BCUT2D eigenvalue weighted by molar-refractivity contribution is 0.0773. The molecule has 4 nitrogen and oxygen atoms in total. The van der Waals surface area contributed by atoms with Crippen LogP contribution >= 0.6 is 11.3 Å². The first-order valence-corrected chi connectivity index (χ1v) is 10.2. The number of aryl methyl sites for hydroxylation is 1. The SMILES string of the molecule is CCN(CC)C(=O)c1ccc(NC(=O)c2cc3c(s2)CCC(C)C3)cc1. The summed E-state index contributed by atoms with van der Waals surface area (Å²) in [6.07, 6.45) is 3.36. The fraction of sp³-hybridized carbons (Fsp3) is 0.429. The number of hydrogen-bond donors (Lipinski definition) is 1. The van der Waals surface area contributed by atoms with Crippen molar-refractivity contribution in [3.8, 4) is 0 Å². The summed E-state index contributed by atoms with van der Waals surface area (Å²) in [5.41, 5.74) is 2.69. The number of nitrogens with one attached hydrogen (secondary N) is 1. The highest BCUT2D eigenvalue weighted by Gasteiger charge is 2.21. The minimum Gasteiger partial charge on any atom is -0.339 e. The van der Waals surface area contributed by atoms with Crippen molar-refractivity contribution in [1.29, 1.82) is 0 Å². The second-order valence-electron chi connectivity index (χ2n) is 6.92. The molecule has 0 aliphatic heterocycles. The molecule has 1 unspecified atom stereocenters. The average Bonchev–Trinajstić information content (AvgIpc) is 3.06. The molecule has 2 amide bonds. The van der Waals surface area contributed by atoms with Gasteiger partial charge in [0.2, 0.25) is 0 Å². The predicted molar refractivity (Wildman–Crippen MR) is 107 cm³/mol. The quantitative estimate of drug-likeness (QED) is 0.836.